The van der Waals surface area contributed by atoms with Crippen LogP contribution in [-0.4, -0.2) is 49.1 Å². The molecule has 0 aromatic carbocycles. The molecule has 1 amide bonds. The first-order valence-electron chi connectivity index (χ1n) is 8.03. The van der Waals surface area contributed by atoms with E-state index in [0.29, 0.717) is 18.0 Å². The highest BCUT2D eigenvalue weighted by molar-refractivity contribution is 5.94. The molecule has 0 aliphatic heterocycles. The Kier molecular flexibility index (Phi) is 5.77. The lowest BCUT2D eigenvalue weighted by Gasteiger charge is -2.39. The molecule has 0 unspecified atom stereocenters. The number of carbonyl (C=O) groups is 1. The van der Waals surface area contributed by atoms with Gasteiger partial charge < -0.3 is 15.0 Å². The Hall–Kier alpha value is -1.62. The molecule has 0 atom stereocenters. The van der Waals surface area contributed by atoms with Crippen molar-refractivity contribution in [2.45, 2.75) is 44.1 Å². The van der Waals surface area contributed by atoms with Crippen LogP contribution in [0.3, 0.4) is 0 Å². The van der Waals surface area contributed by atoms with Gasteiger partial charge >= 0.3 is 0 Å². The average Bonchev–Trinajstić information content (AvgIpc) is 2.79. The van der Waals surface area contributed by atoms with Crippen LogP contribution >= 0.6 is 0 Å². The molecule has 1 saturated carbocycles. The first kappa shape index (κ1) is 16.7. The second-order valence-electron chi connectivity index (χ2n) is 6.30. The molecule has 0 saturated heterocycles. The molecule has 2 rings (SSSR count). The predicted molar refractivity (Wildman–Crippen MR) is 87.2 cm³/mol. The third kappa shape index (κ3) is 3.97. The minimum Gasteiger partial charge on any atom is -0.481 e. The fourth-order valence-electron chi connectivity index (χ4n) is 3.18. The van der Waals surface area contributed by atoms with Crippen molar-refractivity contribution in [2.24, 2.45) is 0 Å². The highest BCUT2D eigenvalue weighted by Gasteiger charge is 2.33. The van der Waals surface area contributed by atoms with Crippen molar-refractivity contribution in [2.75, 3.05) is 27.7 Å². The third-order valence-corrected chi connectivity index (χ3v) is 4.77. The van der Waals surface area contributed by atoms with Gasteiger partial charge in [0.2, 0.25) is 5.88 Å². The molecular weight excluding hydrogens is 278 g/mol. The van der Waals surface area contributed by atoms with Gasteiger partial charge in [-0.25, -0.2) is 4.98 Å². The number of rotatable bonds is 5. The number of ether oxygens (including phenoxy) is 1. The van der Waals surface area contributed by atoms with Crippen LogP contribution in [0.15, 0.2) is 18.3 Å². The minimum atomic E-state index is -0.0637. The second kappa shape index (κ2) is 7.58. The number of amides is 1. The van der Waals surface area contributed by atoms with Crippen LogP contribution in [-0.2, 0) is 0 Å². The fraction of sp³-hybridized carbons (Fsp3) is 0.647. The maximum absolute atomic E-state index is 12.4. The molecule has 1 aromatic heterocycles. The van der Waals surface area contributed by atoms with Crippen LogP contribution in [0.5, 0.6) is 5.88 Å². The van der Waals surface area contributed by atoms with Gasteiger partial charge in [-0.1, -0.05) is 25.7 Å². The van der Waals surface area contributed by atoms with E-state index in [9.17, 15) is 4.79 Å². The summed E-state index contributed by atoms with van der Waals surface area (Å²) in [5.74, 6) is 0.399. The van der Waals surface area contributed by atoms with Crippen LogP contribution < -0.4 is 10.1 Å². The Balaban J connectivity index is 2.03. The van der Waals surface area contributed by atoms with Gasteiger partial charge in [-0.15, -0.1) is 0 Å². The molecule has 0 radical (unpaired) electrons. The Bertz CT molecular complexity index is 494. The summed E-state index contributed by atoms with van der Waals surface area (Å²) in [7, 11) is 5.79. The van der Waals surface area contributed by atoms with Gasteiger partial charge in [0, 0.05) is 29.9 Å². The monoisotopic (exact) mass is 305 g/mol. The molecule has 0 spiro atoms. The van der Waals surface area contributed by atoms with Gasteiger partial charge in [0.1, 0.15) is 0 Å². The molecule has 1 aliphatic carbocycles. The van der Waals surface area contributed by atoms with Crippen LogP contribution in [0.4, 0.5) is 0 Å². The molecular formula is C17H27N3O2. The molecule has 1 aromatic rings. The molecule has 1 N–H and O–H groups in total. The van der Waals surface area contributed by atoms with Crippen LogP contribution in [0, 0.1) is 0 Å². The van der Waals surface area contributed by atoms with Crippen molar-refractivity contribution in [1.82, 2.24) is 15.2 Å². The quantitative estimate of drug-likeness (QED) is 0.849. The lowest BCUT2D eigenvalue weighted by atomic mass is 9.88. The zero-order valence-corrected chi connectivity index (χ0v) is 13.9. The molecule has 1 fully saturated rings. The SMILES string of the molecule is COc1cc(C(=O)NCC2(N(C)C)CCCCCC2)ccn1. The first-order valence-corrected chi connectivity index (χ1v) is 8.03. The lowest BCUT2D eigenvalue weighted by molar-refractivity contribution is 0.0868. The summed E-state index contributed by atoms with van der Waals surface area (Å²) >= 11 is 0. The number of methoxy groups -OCH3 is 1. The highest BCUT2D eigenvalue weighted by Crippen LogP contribution is 2.30. The van der Waals surface area contributed by atoms with Crippen molar-refractivity contribution in [1.29, 1.82) is 0 Å². The van der Waals surface area contributed by atoms with E-state index in [1.54, 1.807) is 25.4 Å². The number of likely N-dealkylation sites (N-methyl/N-ethyl adjacent to an activating group) is 1. The summed E-state index contributed by atoms with van der Waals surface area (Å²) < 4.78 is 5.07. The zero-order valence-electron chi connectivity index (χ0n) is 13.9. The van der Waals surface area contributed by atoms with E-state index in [1.165, 1.54) is 25.7 Å². The zero-order chi connectivity index (χ0) is 16.0. The lowest BCUT2D eigenvalue weighted by Crippen LogP contribution is -2.52. The van der Waals surface area contributed by atoms with Gasteiger partial charge in [-0.05, 0) is 33.0 Å². The molecule has 1 heterocycles. The van der Waals surface area contributed by atoms with Crippen molar-refractivity contribution in [3.05, 3.63) is 23.9 Å². The maximum Gasteiger partial charge on any atom is 0.251 e. The van der Waals surface area contributed by atoms with Gasteiger partial charge in [0.25, 0.3) is 5.91 Å². The van der Waals surface area contributed by atoms with Gasteiger partial charge in [-0.3, -0.25) is 4.79 Å². The van der Waals surface area contributed by atoms with Gasteiger partial charge in [0.05, 0.1) is 7.11 Å². The topological polar surface area (TPSA) is 54.5 Å². The Morgan fingerprint density at radius 2 is 2.00 bits per heavy atom. The molecule has 0 bridgehead atoms. The number of hydrogen-bond donors (Lipinski definition) is 1. The maximum atomic E-state index is 12.4. The minimum absolute atomic E-state index is 0.0637. The predicted octanol–water partition coefficient (Wildman–Crippen LogP) is 2.47. The van der Waals surface area contributed by atoms with Gasteiger partial charge in [-0.2, -0.15) is 0 Å². The van der Waals surface area contributed by atoms with Crippen LogP contribution in [0.2, 0.25) is 0 Å². The van der Waals surface area contributed by atoms with Crippen LogP contribution in [0.1, 0.15) is 48.9 Å². The number of aromatic nitrogens is 1. The summed E-state index contributed by atoms with van der Waals surface area (Å²) in [5.41, 5.74) is 0.665. The van der Waals surface area contributed by atoms with Crippen molar-refractivity contribution in [3.63, 3.8) is 0 Å². The number of carbonyl (C=O) groups excluding carboxylic acids is 1. The smallest absolute Gasteiger partial charge is 0.251 e. The number of nitrogens with one attached hydrogen (secondary N) is 1. The number of hydrogen-bond acceptors (Lipinski definition) is 4. The van der Waals surface area contributed by atoms with E-state index in [2.05, 4.69) is 29.3 Å². The van der Waals surface area contributed by atoms with E-state index in [4.69, 9.17) is 4.74 Å². The average molecular weight is 305 g/mol. The summed E-state index contributed by atoms with van der Waals surface area (Å²) in [6.07, 6.45) is 8.94. The Labute approximate surface area is 133 Å². The number of pyridine rings is 1. The van der Waals surface area contributed by atoms with Crippen LogP contribution in [0.25, 0.3) is 0 Å². The van der Waals surface area contributed by atoms with E-state index >= 15 is 0 Å². The Morgan fingerprint density at radius 3 is 2.59 bits per heavy atom. The van der Waals surface area contributed by atoms with Crippen molar-refractivity contribution in [3.8, 4) is 5.88 Å². The third-order valence-electron chi connectivity index (χ3n) is 4.77. The first-order chi connectivity index (χ1) is 10.6. The Morgan fingerprint density at radius 1 is 1.32 bits per heavy atom. The van der Waals surface area contributed by atoms with E-state index in [-0.39, 0.29) is 11.4 Å². The van der Waals surface area contributed by atoms with E-state index < -0.39 is 0 Å². The van der Waals surface area contributed by atoms with Crippen molar-refractivity contribution >= 4 is 5.91 Å². The van der Waals surface area contributed by atoms with Gasteiger partial charge in [0.15, 0.2) is 0 Å². The molecule has 5 heteroatoms. The molecule has 122 valence electrons. The molecule has 22 heavy (non-hydrogen) atoms. The normalized spacial score (nSPS) is 17.8. The molecule has 1 aliphatic rings. The standard InChI is InChI=1S/C17H27N3O2/c1-20(2)17(9-6-4-5-7-10-17)13-19-16(21)14-8-11-18-15(12-14)22-3/h8,11-12H,4-7,9-10,13H2,1-3H3,(H,19,21). The molecule has 5 nitrogen and oxygen atoms in total. The summed E-state index contributed by atoms with van der Waals surface area (Å²) in [4.78, 5) is 18.7. The highest BCUT2D eigenvalue weighted by atomic mass is 16.5. The summed E-state index contributed by atoms with van der Waals surface area (Å²) in [5, 5.41) is 3.11. The van der Waals surface area contributed by atoms with Crippen molar-refractivity contribution < 1.29 is 9.53 Å². The largest absolute Gasteiger partial charge is 0.481 e. The summed E-state index contributed by atoms with van der Waals surface area (Å²) in [6, 6.07) is 3.39. The number of nitrogens with zero attached hydrogens (tertiary/aromatic N) is 2. The summed E-state index contributed by atoms with van der Waals surface area (Å²) in [6.45, 7) is 0.684. The second-order valence-corrected chi connectivity index (χ2v) is 6.30. The fourth-order valence-corrected chi connectivity index (χ4v) is 3.18. The van der Waals surface area contributed by atoms with E-state index in [0.717, 1.165) is 12.8 Å². The van der Waals surface area contributed by atoms with E-state index in [1.807, 2.05) is 0 Å².